The molecule has 0 saturated carbocycles. The topological polar surface area (TPSA) is 41.1 Å². The predicted octanol–water partition coefficient (Wildman–Crippen LogP) is 3.05. The van der Waals surface area contributed by atoms with E-state index in [0.717, 1.165) is 36.0 Å². The molecule has 1 aliphatic heterocycles. The van der Waals surface area contributed by atoms with E-state index >= 15 is 0 Å². The molecule has 1 aromatic carbocycles. The van der Waals surface area contributed by atoms with Crippen LogP contribution in [0.4, 0.5) is 0 Å². The van der Waals surface area contributed by atoms with Gasteiger partial charge in [-0.15, -0.1) is 12.4 Å². The van der Waals surface area contributed by atoms with E-state index in [2.05, 4.69) is 26.6 Å². The molecule has 2 N–H and O–H groups in total. The Hall–Kier alpha value is -0.580. The average molecular weight is 348 g/mol. The summed E-state index contributed by atoms with van der Waals surface area (Å²) in [5.41, 5.74) is 1.13. The van der Waals surface area contributed by atoms with Crippen molar-refractivity contribution in [2.45, 2.75) is 25.8 Å². The molecule has 1 heterocycles. The zero-order valence-electron chi connectivity index (χ0n) is 11.0. The third-order valence-electron chi connectivity index (χ3n) is 3.40. The Kier molecular flexibility index (Phi) is 6.83. The second-order valence-corrected chi connectivity index (χ2v) is 5.74. The van der Waals surface area contributed by atoms with Crippen LogP contribution in [-0.2, 0) is 4.79 Å². The number of rotatable bonds is 3. The quantitative estimate of drug-likeness (QED) is 0.882. The molecule has 0 aromatic heterocycles. The molecule has 5 heteroatoms. The number of halogens is 2. The molecule has 106 valence electrons. The zero-order valence-corrected chi connectivity index (χ0v) is 13.4. The van der Waals surface area contributed by atoms with Gasteiger partial charge in [0.2, 0.25) is 5.91 Å². The third-order valence-corrected chi connectivity index (χ3v) is 3.93. The van der Waals surface area contributed by atoms with Crippen LogP contribution >= 0.6 is 28.3 Å². The van der Waals surface area contributed by atoms with Crippen LogP contribution in [0.5, 0.6) is 0 Å². The largest absolute Gasteiger partial charge is 0.349 e. The molecule has 0 aliphatic carbocycles. The highest BCUT2D eigenvalue weighted by Gasteiger charge is 2.22. The van der Waals surface area contributed by atoms with Crippen molar-refractivity contribution in [2.24, 2.45) is 5.92 Å². The van der Waals surface area contributed by atoms with Gasteiger partial charge in [0.25, 0.3) is 0 Å². The molecule has 0 radical (unpaired) electrons. The highest BCUT2D eigenvalue weighted by atomic mass is 79.9. The maximum absolute atomic E-state index is 12.1. The van der Waals surface area contributed by atoms with Gasteiger partial charge in [-0.3, -0.25) is 4.79 Å². The number of amides is 1. The molecule has 1 saturated heterocycles. The Bertz CT molecular complexity index is 404. The summed E-state index contributed by atoms with van der Waals surface area (Å²) in [4.78, 5) is 12.1. The van der Waals surface area contributed by atoms with Crippen LogP contribution in [0.25, 0.3) is 0 Å². The number of carbonyl (C=O) groups excluding carboxylic acids is 1. The highest BCUT2D eigenvalue weighted by Crippen LogP contribution is 2.18. The molecular formula is C14H20BrClN2O. The molecule has 1 amide bonds. The van der Waals surface area contributed by atoms with Gasteiger partial charge in [-0.25, -0.2) is 0 Å². The van der Waals surface area contributed by atoms with E-state index in [1.165, 1.54) is 0 Å². The van der Waals surface area contributed by atoms with E-state index in [1.807, 2.05) is 31.2 Å². The zero-order chi connectivity index (χ0) is 13.0. The Labute approximate surface area is 129 Å². The Morgan fingerprint density at radius 2 is 2.11 bits per heavy atom. The van der Waals surface area contributed by atoms with Crippen LogP contribution in [-0.4, -0.2) is 19.0 Å². The molecule has 1 aromatic rings. The number of piperidine rings is 1. The number of carbonyl (C=O) groups is 1. The fourth-order valence-corrected chi connectivity index (χ4v) is 2.51. The highest BCUT2D eigenvalue weighted by molar-refractivity contribution is 9.10. The van der Waals surface area contributed by atoms with Crippen LogP contribution in [0.15, 0.2) is 28.7 Å². The number of nitrogens with one attached hydrogen (secondary N) is 2. The van der Waals surface area contributed by atoms with E-state index in [4.69, 9.17) is 0 Å². The number of hydrogen-bond acceptors (Lipinski definition) is 2. The molecule has 19 heavy (non-hydrogen) atoms. The first-order valence-electron chi connectivity index (χ1n) is 6.43. The number of benzene rings is 1. The van der Waals surface area contributed by atoms with Crippen molar-refractivity contribution >= 4 is 34.2 Å². The molecule has 2 unspecified atom stereocenters. The lowest BCUT2D eigenvalue weighted by atomic mass is 9.98. The molecule has 2 rings (SSSR count). The third kappa shape index (κ3) is 4.79. The minimum absolute atomic E-state index is 0. The lowest BCUT2D eigenvalue weighted by molar-refractivity contribution is -0.126. The predicted molar refractivity (Wildman–Crippen MR) is 83.5 cm³/mol. The van der Waals surface area contributed by atoms with Gasteiger partial charge in [0.1, 0.15) is 0 Å². The smallest absolute Gasteiger partial charge is 0.224 e. The lowest BCUT2D eigenvalue weighted by Gasteiger charge is -2.24. The van der Waals surface area contributed by atoms with E-state index < -0.39 is 0 Å². The molecule has 2 atom stereocenters. The van der Waals surface area contributed by atoms with Crippen LogP contribution in [0, 0.1) is 5.92 Å². The standard InChI is InChI=1S/C14H19BrN2O.ClH/c1-10(11-4-6-13(15)7-5-11)17-14(18)12-3-2-8-16-9-12;/h4-7,10,12,16H,2-3,8-9H2,1H3,(H,17,18);1H. The summed E-state index contributed by atoms with van der Waals surface area (Å²) in [6.45, 7) is 3.86. The average Bonchev–Trinajstić information content (AvgIpc) is 2.40. The van der Waals surface area contributed by atoms with E-state index in [1.54, 1.807) is 0 Å². The van der Waals surface area contributed by atoms with Crippen molar-refractivity contribution in [1.82, 2.24) is 10.6 Å². The van der Waals surface area contributed by atoms with Crippen LogP contribution < -0.4 is 10.6 Å². The summed E-state index contributed by atoms with van der Waals surface area (Å²) in [6.07, 6.45) is 2.08. The summed E-state index contributed by atoms with van der Waals surface area (Å²) in [6, 6.07) is 8.13. The van der Waals surface area contributed by atoms with Crippen molar-refractivity contribution in [3.63, 3.8) is 0 Å². The molecular weight excluding hydrogens is 328 g/mol. The van der Waals surface area contributed by atoms with Crippen molar-refractivity contribution < 1.29 is 4.79 Å². The second kappa shape index (κ2) is 7.88. The summed E-state index contributed by atoms with van der Waals surface area (Å²) in [5.74, 6) is 0.286. The normalized spacial score (nSPS) is 20.2. The molecule has 0 bridgehead atoms. The van der Waals surface area contributed by atoms with Gasteiger partial charge in [-0.05, 0) is 44.0 Å². The van der Waals surface area contributed by atoms with Crippen LogP contribution in [0.2, 0.25) is 0 Å². The molecule has 3 nitrogen and oxygen atoms in total. The van der Waals surface area contributed by atoms with Gasteiger partial charge in [-0.2, -0.15) is 0 Å². The summed E-state index contributed by atoms with van der Waals surface area (Å²) in [7, 11) is 0. The summed E-state index contributed by atoms with van der Waals surface area (Å²) in [5, 5.41) is 6.36. The summed E-state index contributed by atoms with van der Waals surface area (Å²) < 4.78 is 1.06. The second-order valence-electron chi connectivity index (χ2n) is 4.83. The van der Waals surface area contributed by atoms with Gasteiger partial charge >= 0.3 is 0 Å². The van der Waals surface area contributed by atoms with Gasteiger partial charge in [0, 0.05) is 11.0 Å². The Morgan fingerprint density at radius 3 is 2.68 bits per heavy atom. The van der Waals surface area contributed by atoms with Crippen molar-refractivity contribution in [1.29, 1.82) is 0 Å². The first-order valence-corrected chi connectivity index (χ1v) is 7.22. The van der Waals surface area contributed by atoms with Gasteiger partial charge in [0.15, 0.2) is 0 Å². The van der Waals surface area contributed by atoms with E-state index in [9.17, 15) is 4.79 Å². The molecule has 1 fully saturated rings. The van der Waals surface area contributed by atoms with Crippen LogP contribution in [0.1, 0.15) is 31.4 Å². The fourth-order valence-electron chi connectivity index (χ4n) is 2.24. The maximum atomic E-state index is 12.1. The van der Waals surface area contributed by atoms with Gasteiger partial charge < -0.3 is 10.6 Å². The minimum Gasteiger partial charge on any atom is -0.349 e. The van der Waals surface area contributed by atoms with Crippen molar-refractivity contribution in [3.8, 4) is 0 Å². The SMILES string of the molecule is CC(NC(=O)C1CCCNC1)c1ccc(Br)cc1.Cl. The van der Waals surface area contributed by atoms with Crippen molar-refractivity contribution in [3.05, 3.63) is 34.3 Å². The fraction of sp³-hybridized carbons (Fsp3) is 0.500. The van der Waals surface area contributed by atoms with E-state index in [-0.39, 0.29) is 30.3 Å². The monoisotopic (exact) mass is 346 g/mol. The first-order chi connectivity index (χ1) is 8.66. The van der Waals surface area contributed by atoms with Gasteiger partial charge in [-0.1, -0.05) is 28.1 Å². The molecule has 0 spiro atoms. The Morgan fingerprint density at radius 1 is 1.42 bits per heavy atom. The van der Waals surface area contributed by atoms with Crippen molar-refractivity contribution in [2.75, 3.05) is 13.1 Å². The Balaban J connectivity index is 0.00000180. The number of hydrogen-bond donors (Lipinski definition) is 2. The van der Waals surface area contributed by atoms with Crippen LogP contribution in [0.3, 0.4) is 0 Å². The maximum Gasteiger partial charge on any atom is 0.224 e. The van der Waals surface area contributed by atoms with E-state index in [0.29, 0.717) is 0 Å². The van der Waals surface area contributed by atoms with Gasteiger partial charge in [0.05, 0.1) is 12.0 Å². The summed E-state index contributed by atoms with van der Waals surface area (Å²) >= 11 is 3.41. The molecule has 1 aliphatic rings. The first kappa shape index (κ1) is 16.5. The minimum atomic E-state index is 0. The lowest BCUT2D eigenvalue weighted by Crippen LogP contribution is -2.41.